The van der Waals surface area contributed by atoms with Gasteiger partial charge in [-0.25, -0.2) is 0 Å². The van der Waals surface area contributed by atoms with Gasteiger partial charge in [-0.05, 0) is 57.0 Å². The first-order valence-electron chi connectivity index (χ1n) is 8.31. The van der Waals surface area contributed by atoms with Crippen LogP contribution in [0.4, 0.5) is 0 Å². The summed E-state index contributed by atoms with van der Waals surface area (Å²) < 4.78 is 6.75. The van der Waals surface area contributed by atoms with Gasteiger partial charge in [0.25, 0.3) is 0 Å². The van der Waals surface area contributed by atoms with Gasteiger partial charge in [0, 0.05) is 21.1 Å². The molecule has 2 aromatic heterocycles. The zero-order valence-electron chi connectivity index (χ0n) is 14.3. The summed E-state index contributed by atoms with van der Waals surface area (Å²) in [6.07, 6.45) is 1.65. The predicted molar refractivity (Wildman–Crippen MR) is 114 cm³/mol. The van der Waals surface area contributed by atoms with E-state index in [0.717, 1.165) is 21.8 Å². The molecule has 142 valence electrons. The van der Waals surface area contributed by atoms with Gasteiger partial charge in [0.2, 0.25) is 0 Å². The van der Waals surface area contributed by atoms with Crippen molar-refractivity contribution in [1.29, 1.82) is 0 Å². The second kappa shape index (κ2) is 7.99. The van der Waals surface area contributed by atoms with Gasteiger partial charge in [0.1, 0.15) is 0 Å². The van der Waals surface area contributed by atoms with Gasteiger partial charge >= 0.3 is 5.97 Å². The van der Waals surface area contributed by atoms with Crippen LogP contribution in [0.15, 0.2) is 68.8 Å². The summed E-state index contributed by atoms with van der Waals surface area (Å²) in [5, 5.41) is 3.31. The van der Waals surface area contributed by atoms with Crippen LogP contribution in [-0.4, -0.2) is 22.0 Å². The molecular formula is C20H13BrClNO3S2. The Morgan fingerprint density at radius 2 is 2.04 bits per heavy atom. The van der Waals surface area contributed by atoms with Crippen LogP contribution in [0.2, 0.25) is 5.02 Å². The Morgan fingerprint density at radius 1 is 1.21 bits per heavy atom. The Labute approximate surface area is 183 Å². The average Bonchev–Trinajstić information content (AvgIpc) is 3.22. The molecule has 1 fully saturated rings. The van der Waals surface area contributed by atoms with Crippen molar-refractivity contribution < 1.29 is 14.3 Å². The summed E-state index contributed by atoms with van der Waals surface area (Å²) in [6, 6.07) is 12.6. The summed E-state index contributed by atoms with van der Waals surface area (Å²) in [5.74, 6) is -0.797. The highest BCUT2D eigenvalue weighted by atomic mass is 79.9. The molecule has 4 rings (SSSR count). The number of nitrogens with zero attached hydrogens (tertiary/aromatic N) is 1. The first kappa shape index (κ1) is 19.6. The van der Waals surface area contributed by atoms with Crippen LogP contribution in [0.1, 0.15) is 17.7 Å². The van der Waals surface area contributed by atoms with Crippen LogP contribution in [0.25, 0.3) is 0 Å². The van der Waals surface area contributed by atoms with Crippen molar-refractivity contribution in [2.45, 2.75) is 22.2 Å². The SMILES string of the molecule is O=C1CC(c2ccsc2)(c2ccc(Br)cn2)OC(=O)C1Sc1ccccc1Cl. The minimum atomic E-state index is -1.22. The number of thioether (sulfide) groups is 1. The zero-order chi connectivity index (χ0) is 19.7. The van der Waals surface area contributed by atoms with Gasteiger partial charge in [-0.1, -0.05) is 23.7 Å². The zero-order valence-corrected chi connectivity index (χ0v) is 18.3. The predicted octanol–water partition coefficient (Wildman–Crippen LogP) is 5.48. The van der Waals surface area contributed by atoms with E-state index in [-0.39, 0.29) is 12.2 Å². The van der Waals surface area contributed by atoms with E-state index in [1.807, 2.05) is 29.0 Å². The van der Waals surface area contributed by atoms with Crippen LogP contribution < -0.4 is 0 Å². The Balaban J connectivity index is 1.70. The van der Waals surface area contributed by atoms with Crippen molar-refractivity contribution in [3.63, 3.8) is 0 Å². The topological polar surface area (TPSA) is 56.3 Å². The molecule has 0 bridgehead atoms. The van der Waals surface area contributed by atoms with Gasteiger partial charge < -0.3 is 4.74 Å². The number of benzene rings is 1. The number of Topliss-reactive ketones (excluding diaryl/α,β-unsaturated/α-hetero) is 1. The highest BCUT2D eigenvalue weighted by molar-refractivity contribution is 9.10. The summed E-state index contributed by atoms with van der Waals surface area (Å²) in [5.41, 5.74) is 0.0547. The molecule has 0 N–H and O–H groups in total. The van der Waals surface area contributed by atoms with Crippen molar-refractivity contribution in [3.05, 3.63) is 80.2 Å². The lowest BCUT2D eigenvalue weighted by molar-refractivity contribution is -0.166. The number of aromatic nitrogens is 1. The normalized spacial score (nSPS) is 22.1. The van der Waals surface area contributed by atoms with E-state index in [4.69, 9.17) is 16.3 Å². The third-order valence-corrected chi connectivity index (χ3v) is 7.31. The number of carbonyl (C=O) groups excluding carboxylic acids is 2. The first-order chi connectivity index (χ1) is 13.5. The molecular weight excluding hydrogens is 482 g/mol. The molecule has 0 saturated carbocycles. The lowest BCUT2D eigenvalue weighted by Gasteiger charge is -2.37. The van der Waals surface area contributed by atoms with Crippen LogP contribution >= 0.6 is 50.6 Å². The van der Waals surface area contributed by atoms with Gasteiger partial charge in [-0.15, -0.1) is 11.8 Å². The van der Waals surface area contributed by atoms with Crippen LogP contribution in [0.5, 0.6) is 0 Å². The number of ketones is 1. The summed E-state index contributed by atoms with van der Waals surface area (Å²) >= 11 is 12.1. The number of cyclic esters (lactones) is 1. The van der Waals surface area contributed by atoms with Crippen LogP contribution in [0, 0.1) is 0 Å². The second-order valence-electron chi connectivity index (χ2n) is 6.19. The minimum absolute atomic E-state index is 0.0201. The maximum Gasteiger partial charge on any atom is 0.328 e. The third-order valence-electron chi connectivity index (χ3n) is 4.41. The van der Waals surface area contributed by atoms with Crippen molar-refractivity contribution in [2.24, 2.45) is 0 Å². The minimum Gasteiger partial charge on any atom is -0.446 e. The highest BCUT2D eigenvalue weighted by Crippen LogP contribution is 2.44. The molecule has 0 amide bonds. The molecule has 2 unspecified atom stereocenters. The standard InChI is InChI=1S/C20H13BrClNO3S2/c21-13-5-6-17(23-10-13)20(12-7-8-27-11-12)9-15(24)18(19(25)26-20)28-16-4-2-1-3-14(16)22/h1-8,10-11,18H,9H2. The van der Waals surface area contributed by atoms with Crippen molar-refractivity contribution in [1.82, 2.24) is 4.98 Å². The van der Waals surface area contributed by atoms with Crippen molar-refractivity contribution >= 4 is 62.4 Å². The molecule has 2 atom stereocenters. The monoisotopic (exact) mass is 493 g/mol. The average molecular weight is 495 g/mol. The molecule has 0 spiro atoms. The van der Waals surface area contributed by atoms with E-state index in [1.165, 1.54) is 11.3 Å². The van der Waals surface area contributed by atoms with E-state index in [2.05, 4.69) is 20.9 Å². The summed E-state index contributed by atoms with van der Waals surface area (Å²) in [4.78, 5) is 31.1. The quantitative estimate of drug-likeness (QED) is 0.355. The van der Waals surface area contributed by atoms with E-state index >= 15 is 0 Å². The number of halogens is 2. The van der Waals surface area contributed by atoms with Crippen molar-refractivity contribution in [3.8, 4) is 0 Å². The summed E-state index contributed by atoms with van der Waals surface area (Å²) in [6.45, 7) is 0. The Kier molecular flexibility index (Phi) is 5.60. The number of hydrogen-bond acceptors (Lipinski definition) is 6. The van der Waals surface area contributed by atoms with E-state index in [1.54, 1.807) is 30.5 Å². The van der Waals surface area contributed by atoms with E-state index in [9.17, 15) is 9.59 Å². The largest absolute Gasteiger partial charge is 0.446 e. The fourth-order valence-corrected chi connectivity index (χ4v) is 5.25. The second-order valence-corrected chi connectivity index (χ2v) is 9.44. The smallest absolute Gasteiger partial charge is 0.328 e. The third kappa shape index (κ3) is 3.64. The van der Waals surface area contributed by atoms with E-state index in [0.29, 0.717) is 15.6 Å². The maximum absolute atomic E-state index is 13.1. The van der Waals surface area contributed by atoms with Gasteiger partial charge in [-0.3, -0.25) is 14.6 Å². The molecule has 1 saturated heterocycles. The van der Waals surface area contributed by atoms with Crippen molar-refractivity contribution in [2.75, 3.05) is 0 Å². The number of thiophene rings is 1. The van der Waals surface area contributed by atoms with Gasteiger partial charge in [0.05, 0.1) is 17.1 Å². The molecule has 1 aliphatic rings. The lowest BCUT2D eigenvalue weighted by Crippen LogP contribution is -2.48. The lowest BCUT2D eigenvalue weighted by atomic mass is 9.84. The number of hydrogen-bond donors (Lipinski definition) is 0. The van der Waals surface area contributed by atoms with E-state index < -0.39 is 16.8 Å². The maximum atomic E-state index is 13.1. The Hall–Kier alpha value is -1.67. The number of pyridine rings is 1. The van der Waals surface area contributed by atoms with Gasteiger partial charge in [0.15, 0.2) is 16.6 Å². The molecule has 8 heteroatoms. The summed E-state index contributed by atoms with van der Waals surface area (Å²) in [7, 11) is 0. The highest BCUT2D eigenvalue weighted by Gasteiger charge is 2.50. The van der Waals surface area contributed by atoms with Gasteiger partial charge in [-0.2, -0.15) is 11.3 Å². The first-order valence-corrected chi connectivity index (χ1v) is 11.3. The molecule has 0 aliphatic carbocycles. The molecule has 28 heavy (non-hydrogen) atoms. The molecule has 4 nitrogen and oxygen atoms in total. The molecule has 0 radical (unpaired) electrons. The van der Waals surface area contributed by atoms with Crippen LogP contribution in [0.3, 0.4) is 0 Å². The Bertz CT molecular complexity index is 1010. The molecule has 1 aliphatic heterocycles. The number of ether oxygens (including phenoxy) is 1. The fraction of sp³-hybridized carbons (Fsp3) is 0.150. The molecule has 3 aromatic rings. The molecule has 1 aromatic carbocycles. The number of rotatable bonds is 4. The van der Waals surface area contributed by atoms with Crippen LogP contribution in [-0.2, 0) is 19.9 Å². The molecule has 3 heterocycles. The number of carbonyl (C=O) groups is 2. The Morgan fingerprint density at radius 3 is 2.68 bits per heavy atom. The number of esters is 1. The fourth-order valence-electron chi connectivity index (χ4n) is 3.07.